The quantitative estimate of drug-likeness (QED) is 0.276. The summed E-state index contributed by atoms with van der Waals surface area (Å²) in [6.07, 6.45) is 0. The van der Waals surface area contributed by atoms with Gasteiger partial charge in [0.1, 0.15) is 0 Å². The van der Waals surface area contributed by atoms with Crippen molar-refractivity contribution in [3.8, 4) is 0 Å². The second-order valence-corrected chi connectivity index (χ2v) is 1.34. The van der Waals surface area contributed by atoms with E-state index < -0.39 is 0 Å². The molecule has 0 saturated heterocycles. The zero-order valence-electron chi connectivity index (χ0n) is 4.45. The van der Waals surface area contributed by atoms with Crippen LogP contribution in [0, 0.1) is 0 Å². The topological polar surface area (TPSA) is 3.24 Å². The fourth-order valence-corrected chi connectivity index (χ4v) is 0. The van der Waals surface area contributed by atoms with E-state index in [4.69, 9.17) is 0 Å². The van der Waals surface area contributed by atoms with Gasteiger partial charge in [0.15, 0.2) is 0 Å². The zero-order chi connectivity index (χ0) is 3.58. The summed E-state index contributed by atoms with van der Waals surface area (Å²) >= 11 is 0. The minimum absolute atomic E-state index is 0. The van der Waals surface area contributed by atoms with Gasteiger partial charge in [-0.05, 0) is 21.1 Å². The minimum atomic E-state index is 0. The van der Waals surface area contributed by atoms with Gasteiger partial charge in [0.05, 0.1) is 0 Å². The molecule has 0 aromatic carbocycles. The van der Waals surface area contributed by atoms with Crippen molar-refractivity contribution >= 4 is 0 Å². The van der Waals surface area contributed by atoms with E-state index in [1.54, 1.807) is 0 Å². The van der Waals surface area contributed by atoms with E-state index in [1.807, 2.05) is 26.0 Å². The van der Waals surface area contributed by atoms with Gasteiger partial charge in [-0.15, -0.1) is 0 Å². The Balaban J connectivity index is 0. The van der Waals surface area contributed by atoms with Crippen LogP contribution in [0.1, 0.15) is 0 Å². The summed E-state index contributed by atoms with van der Waals surface area (Å²) < 4.78 is 0. The number of hydrogen-bond donors (Lipinski definition) is 0. The molecule has 0 heterocycles. The van der Waals surface area contributed by atoms with Crippen molar-refractivity contribution in [1.29, 1.82) is 0 Å². The molecule has 0 aromatic rings. The van der Waals surface area contributed by atoms with Crippen molar-refractivity contribution in [3.05, 3.63) is 0 Å². The molecule has 0 bridgehead atoms. The molecule has 26 valence electrons. The Labute approximate surface area is 45.5 Å². The zero-order valence-corrected chi connectivity index (χ0v) is 4.45. The number of nitrogens with zero attached hydrogens (tertiary/aromatic N) is 1. The second kappa shape index (κ2) is 4.56. The SMILES string of the molecule is CN(C)C.[Li+]. The molecule has 0 aliphatic heterocycles. The summed E-state index contributed by atoms with van der Waals surface area (Å²) in [5.74, 6) is 0. The van der Waals surface area contributed by atoms with E-state index >= 15 is 0 Å². The fourth-order valence-electron chi connectivity index (χ4n) is 0. The molecule has 0 amide bonds. The van der Waals surface area contributed by atoms with Crippen molar-refractivity contribution in [1.82, 2.24) is 4.90 Å². The third kappa shape index (κ3) is 95.9. The van der Waals surface area contributed by atoms with Gasteiger partial charge in [0.25, 0.3) is 0 Å². The van der Waals surface area contributed by atoms with E-state index in [0.29, 0.717) is 0 Å². The van der Waals surface area contributed by atoms with Crippen LogP contribution in [0.4, 0.5) is 0 Å². The predicted octanol–water partition coefficient (Wildman–Crippen LogP) is -2.82. The first kappa shape index (κ1) is 9.12. The standard InChI is InChI=1S/C3H9N.Li/c1-4(2)3;/h1-3H3;/q;+1. The average Bonchev–Trinajstić information content (AvgIpc) is 0.811. The van der Waals surface area contributed by atoms with Gasteiger partial charge in [0, 0.05) is 0 Å². The fraction of sp³-hybridized carbons (Fsp3) is 1.00. The molecule has 0 saturated carbocycles. The first-order chi connectivity index (χ1) is 1.73. The van der Waals surface area contributed by atoms with Crippen molar-refractivity contribution < 1.29 is 18.9 Å². The Hall–Kier alpha value is 0.557. The Morgan fingerprint density at radius 3 is 1.00 bits per heavy atom. The van der Waals surface area contributed by atoms with Crippen LogP contribution in [0.2, 0.25) is 0 Å². The molecule has 1 nitrogen and oxygen atoms in total. The molecule has 0 spiro atoms. The Bertz CT molecular complexity index is 11.6. The maximum atomic E-state index is 2.00. The van der Waals surface area contributed by atoms with Gasteiger partial charge in [-0.1, -0.05) is 0 Å². The summed E-state index contributed by atoms with van der Waals surface area (Å²) in [7, 11) is 6.00. The van der Waals surface area contributed by atoms with Crippen LogP contribution >= 0.6 is 0 Å². The molecule has 2 heteroatoms. The van der Waals surface area contributed by atoms with Crippen LogP contribution in [-0.2, 0) is 0 Å². The van der Waals surface area contributed by atoms with Crippen LogP contribution in [0.25, 0.3) is 0 Å². The average molecular weight is 66.1 g/mol. The van der Waals surface area contributed by atoms with Gasteiger partial charge in [-0.3, -0.25) is 0 Å². The summed E-state index contributed by atoms with van der Waals surface area (Å²) in [5, 5.41) is 0. The predicted molar refractivity (Wildman–Crippen MR) is 19.6 cm³/mol. The molecular weight excluding hydrogens is 57.0 g/mol. The normalized spacial score (nSPS) is 7.20. The Morgan fingerprint density at radius 1 is 1.00 bits per heavy atom. The van der Waals surface area contributed by atoms with Gasteiger partial charge < -0.3 is 4.90 Å². The third-order valence-electron chi connectivity index (χ3n) is 0. The molecule has 0 N–H and O–H groups in total. The molecule has 5 heavy (non-hydrogen) atoms. The summed E-state index contributed by atoms with van der Waals surface area (Å²) in [6, 6.07) is 0. The molecule has 0 unspecified atom stereocenters. The van der Waals surface area contributed by atoms with Gasteiger partial charge in [-0.2, -0.15) is 0 Å². The first-order valence-corrected chi connectivity index (χ1v) is 1.34. The Morgan fingerprint density at radius 2 is 1.00 bits per heavy atom. The van der Waals surface area contributed by atoms with Crippen molar-refractivity contribution in [2.45, 2.75) is 0 Å². The largest absolute Gasteiger partial charge is 1.00 e. The van der Waals surface area contributed by atoms with Crippen LogP contribution in [0.5, 0.6) is 0 Å². The van der Waals surface area contributed by atoms with Crippen LogP contribution < -0.4 is 18.9 Å². The molecule has 0 rings (SSSR count). The van der Waals surface area contributed by atoms with Gasteiger partial charge >= 0.3 is 18.9 Å². The van der Waals surface area contributed by atoms with Crippen LogP contribution in [-0.4, -0.2) is 26.0 Å². The summed E-state index contributed by atoms with van der Waals surface area (Å²) in [5.41, 5.74) is 0. The summed E-state index contributed by atoms with van der Waals surface area (Å²) in [6.45, 7) is 0. The molecule has 0 aromatic heterocycles. The van der Waals surface area contributed by atoms with Crippen molar-refractivity contribution in [2.75, 3.05) is 21.1 Å². The number of hydrogen-bond acceptors (Lipinski definition) is 1. The van der Waals surface area contributed by atoms with E-state index in [2.05, 4.69) is 0 Å². The monoisotopic (exact) mass is 66.1 g/mol. The smallest absolute Gasteiger partial charge is 0.312 e. The van der Waals surface area contributed by atoms with Crippen molar-refractivity contribution in [2.24, 2.45) is 0 Å². The minimum Gasteiger partial charge on any atom is -0.312 e. The number of rotatable bonds is 0. The molecule has 0 atom stereocenters. The second-order valence-electron chi connectivity index (χ2n) is 1.34. The molecule has 0 fully saturated rings. The van der Waals surface area contributed by atoms with E-state index in [-0.39, 0.29) is 18.9 Å². The molecule has 0 aliphatic rings. The van der Waals surface area contributed by atoms with Crippen LogP contribution in [0.3, 0.4) is 0 Å². The summed E-state index contributed by atoms with van der Waals surface area (Å²) in [4.78, 5) is 2.00. The van der Waals surface area contributed by atoms with E-state index in [0.717, 1.165) is 0 Å². The van der Waals surface area contributed by atoms with E-state index in [1.165, 1.54) is 0 Å². The Kier molecular flexibility index (Phi) is 8.31. The van der Waals surface area contributed by atoms with Crippen molar-refractivity contribution in [3.63, 3.8) is 0 Å². The maximum Gasteiger partial charge on any atom is 1.00 e. The van der Waals surface area contributed by atoms with Gasteiger partial charge in [0.2, 0.25) is 0 Å². The molecular formula is C3H9LiN+. The third-order valence-corrected chi connectivity index (χ3v) is 0. The molecule has 0 aliphatic carbocycles. The van der Waals surface area contributed by atoms with Gasteiger partial charge in [-0.25, -0.2) is 0 Å². The maximum absolute atomic E-state index is 2.00. The van der Waals surface area contributed by atoms with E-state index in [9.17, 15) is 0 Å². The van der Waals surface area contributed by atoms with Crippen LogP contribution in [0.15, 0.2) is 0 Å². The molecule has 0 radical (unpaired) electrons. The first-order valence-electron chi connectivity index (χ1n) is 1.34.